The van der Waals surface area contributed by atoms with Crippen molar-refractivity contribution < 1.29 is 9.84 Å². The molecule has 0 saturated carbocycles. The quantitative estimate of drug-likeness (QED) is 0.295. The molecule has 0 aromatic heterocycles. The van der Waals surface area contributed by atoms with Gasteiger partial charge in [-0.2, -0.15) is 0 Å². The van der Waals surface area contributed by atoms with E-state index in [-0.39, 0.29) is 6.61 Å². The van der Waals surface area contributed by atoms with Crippen LogP contribution in [-0.2, 0) is 4.74 Å². The number of unbranched alkanes of at least 4 members (excludes halogenated alkanes) is 1. The average Bonchev–Trinajstić information content (AvgIpc) is 2.52. The molecule has 0 fully saturated rings. The SMILES string of the molecule is CCCCC(C)(C)CC(C)(CCCOCCO)CC(C)CC.C[SiH2]C. The predicted octanol–water partition coefficient (Wildman–Crippen LogP) is 6.08. The van der Waals surface area contributed by atoms with Gasteiger partial charge in [-0.3, -0.25) is 0 Å². The molecule has 0 radical (unpaired) electrons. The van der Waals surface area contributed by atoms with E-state index < -0.39 is 0 Å². The van der Waals surface area contributed by atoms with Gasteiger partial charge < -0.3 is 9.84 Å². The molecule has 0 rings (SSSR count). The molecule has 0 aliphatic heterocycles. The van der Waals surface area contributed by atoms with Crippen molar-refractivity contribution in [3.63, 3.8) is 0 Å². The Kier molecular flexibility index (Phi) is 17.9. The Morgan fingerprint density at radius 2 is 1.60 bits per heavy atom. The fraction of sp³-hybridized carbons (Fsp3) is 1.00. The van der Waals surface area contributed by atoms with Crippen LogP contribution in [0.2, 0.25) is 13.1 Å². The molecule has 2 nitrogen and oxygen atoms in total. The lowest BCUT2D eigenvalue weighted by Crippen LogP contribution is -2.28. The van der Waals surface area contributed by atoms with Gasteiger partial charge in [-0.1, -0.05) is 73.9 Å². The van der Waals surface area contributed by atoms with Crippen LogP contribution < -0.4 is 0 Å². The normalized spacial score (nSPS) is 15.2. The molecule has 0 aliphatic carbocycles. The zero-order chi connectivity index (χ0) is 19.8. The highest BCUT2D eigenvalue weighted by Crippen LogP contribution is 2.44. The maximum Gasteiger partial charge on any atom is 0.0697 e. The van der Waals surface area contributed by atoms with E-state index in [1.54, 1.807) is 0 Å². The zero-order valence-corrected chi connectivity index (χ0v) is 20.3. The van der Waals surface area contributed by atoms with Crippen LogP contribution in [0, 0.1) is 16.7 Å². The zero-order valence-electron chi connectivity index (χ0n) is 18.9. The third kappa shape index (κ3) is 17.3. The van der Waals surface area contributed by atoms with Crippen LogP contribution in [0.4, 0.5) is 0 Å². The lowest BCUT2D eigenvalue weighted by Gasteiger charge is -2.39. The molecule has 25 heavy (non-hydrogen) atoms. The Morgan fingerprint density at radius 3 is 2.08 bits per heavy atom. The molecule has 0 aromatic rings. The van der Waals surface area contributed by atoms with Crippen LogP contribution in [0.25, 0.3) is 0 Å². The summed E-state index contributed by atoms with van der Waals surface area (Å²) in [5.74, 6) is 0.797. The number of ether oxygens (including phenoxy) is 1. The second kappa shape index (κ2) is 16.3. The van der Waals surface area contributed by atoms with Crippen LogP contribution >= 0.6 is 0 Å². The Hall–Kier alpha value is 0.137. The van der Waals surface area contributed by atoms with Gasteiger partial charge in [0.05, 0.1) is 13.2 Å². The largest absolute Gasteiger partial charge is 0.394 e. The minimum Gasteiger partial charge on any atom is -0.394 e. The van der Waals surface area contributed by atoms with E-state index in [1.165, 1.54) is 44.9 Å². The predicted molar refractivity (Wildman–Crippen MR) is 118 cm³/mol. The lowest BCUT2D eigenvalue weighted by atomic mass is 9.66. The number of hydrogen-bond donors (Lipinski definition) is 1. The van der Waals surface area contributed by atoms with Gasteiger partial charge in [-0.25, -0.2) is 0 Å². The third-order valence-corrected chi connectivity index (χ3v) is 4.96. The second-order valence-electron chi connectivity index (χ2n) is 9.12. The molecule has 0 saturated heterocycles. The molecule has 154 valence electrons. The van der Waals surface area contributed by atoms with Crippen LogP contribution in [0.5, 0.6) is 0 Å². The van der Waals surface area contributed by atoms with Gasteiger partial charge in [0.15, 0.2) is 0 Å². The first-order chi connectivity index (χ1) is 11.7. The molecule has 0 spiro atoms. The van der Waals surface area contributed by atoms with Crippen molar-refractivity contribution in [2.75, 3.05) is 19.8 Å². The van der Waals surface area contributed by atoms with Gasteiger partial charge in [0, 0.05) is 16.1 Å². The minimum atomic E-state index is 0.133. The molecule has 0 aromatic carbocycles. The number of rotatable bonds is 14. The van der Waals surface area contributed by atoms with E-state index in [9.17, 15) is 0 Å². The van der Waals surface area contributed by atoms with E-state index in [1.807, 2.05) is 0 Å². The van der Waals surface area contributed by atoms with Gasteiger partial charge in [-0.05, 0) is 48.9 Å². The smallest absolute Gasteiger partial charge is 0.0697 e. The molecule has 2 atom stereocenters. The fourth-order valence-corrected chi connectivity index (χ4v) is 3.91. The summed E-state index contributed by atoms with van der Waals surface area (Å²) in [6.45, 7) is 20.3. The van der Waals surface area contributed by atoms with E-state index in [0.717, 1.165) is 18.9 Å². The highest BCUT2D eigenvalue weighted by atomic mass is 28.2. The van der Waals surface area contributed by atoms with Crippen LogP contribution in [0.3, 0.4) is 0 Å². The lowest BCUT2D eigenvalue weighted by molar-refractivity contribution is 0.0694. The molecular weight excluding hydrogens is 324 g/mol. The monoisotopic (exact) mass is 374 g/mol. The first-order valence-corrected chi connectivity index (χ1v) is 13.7. The van der Waals surface area contributed by atoms with Crippen molar-refractivity contribution in [3.8, 4) is 0 Å². The van der Waals surface area contributed by atoms with Crippen LogP contribution in [0.15, 0.2) is 0 Å². The van der Waals surface area contributed by atoms with Crippen molar-refractivity contribution in [2.24, 2.45) is 16.7 Å². The first kappa shape index (κ1) is 27.4. The minimum absolute atomic E-state index is 0.133. The Labute approximate surface area is 162 Å². The molecule has 0 heterocycles. The first-order valence-electron chi connectivity index (χ1n) is 10.9. The van der Waals surface area contributed by atoms with E-state index >= 15 is 0 Å². The van der Waals surface area contributed by atoms with Crippen LogP contribution in [0.1, 0.15) is 92.9 Å². The van der Waals surface area contributed by atoms with E-state index in [2.05, 4.69) is 54.6 Å². The van der Waals surface area contributed by atoms with Crippen molar-refractivity contribution >= 4 is 9.52 Å². The number of hydrogen-bond acceptors (Lipinski definition) is 2. The summed E-state index contributed by atoms with van der Waals surface area (Å²) in [5, 5.41) is 8.79. The molecule has 3 heteroatoms. The van der Waals surface area contributed by atoms with Gasteiger partial charge in [-0.15, -0.1) is 0 Å². The Morgan fingerprint density at radius 1 is 1.00 bits per heavy atom. The molecule has 1 N–H and O–H groups in total. The summed E-state index contributed by atoms with van der Waals surface area (Å²) in [6.07, 6.45) is 10.2. The number of aliphatic hydroxyl groups excluding tert-OH is 1. The molecule has 2 unspecified atom stereocenters. The van der Waals surface area contributed by atoms with Crippen molar-refractivity contribution in [2.45, 2.75) is 106 Å². The van der Waals surface area contributed by atoms with Gasteiger partial charge in [0.2, 0.25) is 0 Å². The number of aliphatic hydroxyl groups is 1. The highest BCUT2D eigenvalue weighted by molar-refractivity contribution is 6.31. The average molecular weight is 375 g/mol. The Balaban J connectivity index is 0. The van der Waals surface area contributed by atoms with E-state index in [0.29, 0.717) is 27.0 Å². The maximum atomic E-state index is 8.79. The van der Waals surface area contributed by atoms with Crippen molar-refractivity contribution in [3.05, 3.63) is 0 Å². The molecule has 0 amide bonds. The Bertz CT molecular complexity index is 281. The van der Waals surface area contributed by atoms with E-state index in [4.69, 9.17) is 9.84 Å². The second-order valence-corrected chi connectivity index (χ2v) is 10.5. The van der Waals surface area contributed by atoms with Gasteiger partial charge in [0.1, 0.15) is 0 Å². The molecule has 0 aliphatic rings. The highest BCUT2D eigenvalue weighted by Gasteiger charge is 2.32. The third-order valence-electron chi connectivity index (χ3n) is 4.96. The maximum absolute atomic E-state index is 8.79. The summed E-state index contributed by atoms with van der Waals surface area (Å²) in [4.78, 5) is 0. The van der Waals surface area contributed by atoms with Gasteiger partial charge >= 0.3 is 0 Å². The molecule has 0 bridgehead atoms. The summed E-state index contributed by atoms with van der Waals surface area (Å²) < 4.78 is 5.45. The summed E-state index contributed by atoms with van der Waals surface area (Å²) >= 11 is 0. The summed E-state index contributed by atoms with van der Waals surface area (Å²) in [6, 6.07) is 0. The van der Waals surface area contributed by atoms with Gasteiger partial charge in [0.25, 0.3) is 0 Å². The molecular formula is C22H50O2Si. The summed E-state index contributed by atoms with van der Waals surface area (Å²) in [5.41, 5.74) is 0.847. The van der Waals surface area contributed by atoms with Crippen LogP contribution in [-0.4, -0.2) is 34.4 Å². The standard InChI is InChI=1S/C20H42O2.C2H8Si/c1-7-9-11-19(4,5)17-20(6,16-18(3)8-2)12-10-14-22-15-13-21;1-3-2/h18,21H,7-17H2,1-6H3;3H2,1-2H3. The fourth-order valence-electron chi connectivity index (χ4n) is 3.91. The van der Waals surface area contributed by atoms with Crippen molar-refractivity contribution in [1.29, 1.82) is 0 Å². The summed E-state index contributed by atoms with van der Waals surface area (Å²) in [7, 11) is 0.417. The topological polar surface area (TPSA) is 29.5 Å². The van der Waals surface area contributed by atoms with Crippen molar-refractivity contribution in [1.82, 2.24) is 0 Å².